The molecule has 2 rings (SSSR count). The van der Waals surface area contributed by atoms with Gasteiger partial charge in [0, 0.05) is 6.54 Å². The molecule has 3 N–H and O–H groups in total. The van der Waals surface area contributed by atoms with Gasteiger partial charge in [0.05, 0.1) is 16.3 Å². The Morgan fingerprint density at radius 1 is 1.29 bits per heavy atom. The van der Waals surface area contributed by atoms with Crippen LogP contribution in [-0.2, 0) is 9.59 Å². The smallest absolute Gasteiger partial charge is 0.313 e. The van der Waals surface area contributed by atoms with E-state index in [-0.39, 0.29) is 17.3 Å². The average molecular weight is 315 g/mol. The first kappa shape index (κ1) is 15.7. The van der Waals surface area contributed by atoms with Crippen LogP contribution in [0.3, 0.4) is 0 Å². The van der Waals surface area contributed by atoms with E-state index in [4.69, 9.17) is 11.6 Å². The Labute approximate surface area is 126 Å². The first-order chi connectivity index (χ1) is 9.89. The van der Waals surface area contributed by atoms with Crippen molar-refractivity contribution < 1.29 is 19.1 Å². The van der Waals surface area contributed by atoms with Crippen molar-refractivity contribution in [1.82, 2.24) is 5.32 Å². The van der Waals surface area contributed by atoms with Gasteiger partial charge in [-0.15, -0.1) is 0 Å². The predicted molar refractivity (Wildman–Crippen MR) is 76.5 cm³/mol. The van der Waals surface area contributed by atoms with Crippen LogP contribution in [0.5, 0.6) is 0 Å². The molecule has 1 aliphatic rings. The maximum Gasteiger partial charge on any atom is 0.313 e. The molecule has 5 nitrogen and oxygen atoms in total. The number of carbonyl (C=O) groups is 2. The van der Waals surface area contributed by atoms with Crippen molar-refractivity contribution >= 4 is 29.1 Å². The quantitative estimate of drug-likeness (QED) is 0.745. The minimum absolute atomic E-state index is 0.00516. The van der Waals surface area contributed by atoms with Gasteiger partial charge in [0.1, 0.15) is 5.82 Å². The molecule has 1 aromatic rings. The van der Waals surface area contributed by atoms with Crippen molar-refractivity contribution in [2.45, 2.75) is 31.3 Å². The molecular formula is C14H16ClFN2O3. The van der Waals surface area contributed by atoms with E-state index < -0.39 is 23.2 Å². The second-order valence-electron chi connectivity index (χ2n) is 5.19. The second-order valence-corrected chi connectivity index (χ2v) is 5.60. The molecule has 0 aliphatic heterocycles. The zero-order valence-electron chi connectivity index (χ0n) is 11.3. The number of hydrogen-bond acceptors (Lipinski definition) is 3. The highest BCUT2D eigenvalue weighted by Crippen LogP contribution is 2.28. The molecule has 7 heteroatoms. The van der Waals surface area contributed by atoms with Gasteiger partial charge in [-0.2, -0.15) is 0 Å². The Morgan fingerprint density at radius 3 is 2.57 bits per heavy atom. The summed E-state index contributed by atoms with van der Waals surface area (Å²) in [6, 6.07) is 3.43. The van der Waals surface area contributed by atoms with E-state index >= 15 is 0 Å². The van der Waals surface area contributed by atoms with Gasteiger partial charge in [-0.05, 0) is 31.0 Å². The van der Waals surface area contributed by atoms with Crippen molar-refractivity contribution in [3.63, 3.8) is 0 Å². The molecule has 0 bridgehead atoms. The molecule has 114 valence electrons. The van der Waals surface area contributed by atoms with Gasteiger partial charge in [0.2, 0.25) is 0 Å². The molecule has 1 aromatic carbocycles. The lowest BCUT2D eigenvalue weighted by Crippen LogP contribution is -2.44. The van der Waals surface area contributed by atoms with E-state index in [0.717, 1.165) is 25.0 Å². The van der Waals surface area contributed by atoms with Crippen LogP contribution >= 0.6 is 11.6 Å². The van der Waals surface area contributed by atoms with Crippen molar-refractivity contribution in [2.24, 2.45) is 0 Å². The Kier molecular flexibility index (Phi) is 4.80. The second kappa shape index (κ2) is 6.41. The van der Waals surface area contributed by atoms with E-state index in [1.165, 1.54) is 6.07 Å². The van der Waals surface area contributed by atoms with Gasteiger partial charge in [-0.1, -0.05) is 24.4 Å². The largest absolute Gasteiger partial charge is 0.388 e. The summed E-state index contributed by atoms with van der Waals surface area (Å²) in [6.07, 6.45) is 3.03. The number of amides is 2. The SMILES string of the molecule is O=C(NCC1(O)CCCC1)C(=O)Nc1ccc(F)cc1Cl. The zero-order valence-corrected chi connectivity index (χ0v) is 12.0. The van der Waals surface area contributed by atoms with Gasteiger partial charge in [-0.3, -0.25) is 9.59 Å². The molecule has 2 amide bonds. The number of halogens is 2. The predicted octanol–water partition coefficient (Wildman–Crippen LogP) is 1.84. The standard InChI is InChI=1S/C14H16ClFN2O3/c15-10-7-9(16)3-4-11(10)18-13(20)12(19)17-8-14(21)5-1-2-6-14/h3-4,7,21H,1-2,5-6,8H2,(H,17,19)(H,18,20). The summed E-state index contributed by atoms with van der Waals surface area (Å²) in [5.41, 5.74) is -0.776. The number of aliphatic hydroxyl groups is 1. The minimum atomic E-state index is -0.927. The van der Waals surface area contributed by atoms with E-state index in [9.17, 15) is 19.1 Å². The highest BCUT2D eigenvalue weighted by molar-refractivity contribution is 6.41. The zero-order chi connectivity index (χ0) is 15.5. The van der Waals surface area contributed by atoms with Crippen LogP contribution in [-0.4, -0.2) is 29.1 Å². The van der Waals surface area contributed by atoms with Crippen LogP contribution in [0.2, 0.25) is 5.02 Å². The van der Waals surface area contributed by atoms with Crippen LogP contribution in [0.1, 0.15) is 25.7 Å². The Morgan fingerprint density at radius 2 is 1.95 bits per heavy atom. The van der Waals surface area contributed by atoms with Crippen molar-refractivity contribution in [2.75, 3.05) is 11.9 Å². The van der Waals surface area contributed by atoms with Gasteiger partial charge in [0.25, 0.3) is 0 Å². The van der Waals surface area contributed by atoms with E-state index in [1.807, 2.05) is 0 Å². The maximum atomic E-state index is 12.9. The molecule has 0 aromatic heterocycles. The molecule has 0 unspecified atom stereocenters. The van der Waals surface area contributed by atoms with Gasteiger partial charge < -0.3 is 15.7 Å². The van der Waals surface area contributed by atoms with Gasteiger partial charge in [0.15, 0.2) is 0 Å². The van der Waals surface area contributed by atoms with Crippen LogP contribution < -0.4 is 10.6 Å². The molecule has 0 radical (unpaired) electrons. The van der Waals surface area contributed by atoms with Crippen LogP contribution in [0.25, 0.3) is 0 Å². The number of benzene rings is 1. The Bertz CT molecular complexity index is 559. The third kappa shape index (κ3) is 4.15. The maximum absolute atomic E-state index is 12.9. The van der Waals surface area contributed by atoms with Crippen molar-refractivity contribution in [3.05, 3.63) is 29.0 Å². The van der Waals surface area contributed by atoms with Crippen molar-refractivity contribution in [3.8, 4) is 0 Å². The topological polar surface area (TPSA) is 78.4 Å². The number of nitrogens with one attached hydrogen (secondary N) is 2. The Balaban J connectivity index is 1.89. The molecule has 0 saturated heterocycles. The summed E-state index contributed by atoms with van der Waals surface area (Å²) in [4.78, 5) is 23.4. The summed E-state index contributed by atoms with van der Waals surface area (Å²) < 4.78 is 12.9. The summed E-state index contributed by atoms with van der Waals surface area (Å²) in [7, 11) is 0. The fourth-order valence-electron chi connectivity index (χ4n) is 2.30. The molecule has 21 heavy (non-hydrogen) atoms. The molecule has 1 fully saturated rings. The average Bonchev–Trinajstić information content (AvgIpc) is 2.86. The van der Waals surface area contributed by atoms with Gasteiger partial charge >= 0.3 is 11.8 Å². The normalized spacial score (nSPS) is 16.5. The summed E-state index contributed by atoms with van der Waals surface area (Å²) in [5.74, 6) is -2.31. The highest BCUT2D eigenvalue weighted by Gasteiger charge is 2.32. The van der Waals surface area contributed by atoms with E-state index in [0.29, 0.717) is 12.8 Å². The first-order valence-corrected chi connectivity index (χ1v) is 7.04. The van der Waals surface area contributed by atoms with Crippen LogP contribution in [0.15, 0.2) is 18.2 Å². The molecular weight excluding hydrogens is 299 g/mol. The molecule has 0 atom stereocenters. The lowest BCUT2D eigenvalue weighted by atomic mass is 10.0. The van der Waals surface area contributed by atoms with E-state index in [2.05, 4.69) is 10.6 Å². The van der Waals surface area contributed by atoms with Crippen LogP contribution in [0.4, 0.5) is 10.1 Å². The molecule has 0 heterocycles. The van der Waals surface area contributed by atoms with Crippen molar-refractivity contribution in [1.29, 1.82) is 0 Å². The monoisotopic (exact) mass is 314 g/mol. The summed E-state index contributed by atoms with van der Waals surface area (Å²) >= 11 is 5.75. The fourth-order valence-corrected chi connectivity index (χ4v) is 2.52. The lowest BCUT2D eigenvalue weighted by molar-refractivity contribution is -0.136. The minimum Gasteiger partial charge on any atom is -0.388 e. The third-order valence-electron chi connectivity index (χ3n) is 3.50. The molecule has 0 spiro atoms. The molecule has 1 saturated carbocycles. The number of rotatable bonds is 3. The number of anilines is 1. The highest BCUT2D eigenvalue weighted by atomic mass is 35.5. The number of hydrogen-bond donors (Lipinski definition) is 3. The summed E-state index contributed by atoms with van der Waals surface area (Å²) in [6.45, 7) is 0.0381. The summed E-state index contributed by atoms with van der Waals surface area (Å²) in [5, 5.41) is 14.8. The lowest BCUT2D eigenvalue weighted by Gasteiger charge is -2.22. The number of carbonyl (C=O) groups excluding carboxylic acids is 2. The van der Waals surface area contributed by atoms with Crippen LogP contribution in [0, 0.1) is 5.82 Å². The first-order valence-electron chi connectivity index (χ1n) is 6.66. The molecule has 1 aliphatic carbocycles. The Hall–Kier alpha value is -1.66. The van der Waals surface area contributed by atoms with Gasteiger partial charge in [-0.25, -0.2) is 4.39 Å². The fraction of sp³-hybridized carbons (Fsp3) is 0.429. The third-order valence-corrected chi connectivity index (χ3v) is 3.81. The van der Waals surface area contributed by atoms with E-state index in [1.54, 1.807) is 0 Å².